The van der Waals surface area contributed by atoms with Gasteiger partial charge in [0.15, 0.2) is 0 Å². The molecule has 0 unspecified atom stereocenters. The molecule has 15 heavy (non-hydrogen) atoms. The Labute approximate surface area is 92.4 Å². The van der Waals surface area contributed by atoms with Crippen LogP contribution in [0.25, 0.3) is 0 Å². The molecule has 0 amide bonds. The molecule has 0 spiro atoms. The van der Waals surface area contributed by atoms with Crippen molar-refractivity contribution in [3.63, 3.8) is 0 Å². The van der Waals surface area contributed by atoms with Crippen molar-refractivity contribution in [3.05, 3.63) is 29.3 Å². The quantitative estimate of drug-likeness (QED) is 0.823. The lowest BCUT2D eigenvalue weighted by atomic mass is 9.96. The van der Waals surface area contributed by atoms with Crippen LogP contribution in [-0.4, -0.2) is 12.6 Å². The zero-order valence-electron chi connectivity index (χ0n) is 10.1. The molecular formula is C13H21NO. The Morgan fingerprint density at radius 1 is 1.33 bits per heavy atom. The van der Waals surface area contributed by atoms with E-state index in [1.807, 2.05) is 13.8 Å². The summed E-state index contributed by atoms with van der Waals surface area (Å²) in [6.45, 7) is 6.17. The van der Waals surface area contributed by atoms with Crippen molar-refractivity contribution in [2.45, 2.75) is 39.2 Å². The normalized spacial score (nSPS) is 11.5. The van der Waals surface area contributed by atoms with Crippen molar-refractivity contribution in [2.75, 3.05) is 7.11 Å². The molecule has 0 saturated heterocycles. The third-order valence-corrected chi connectivity index (χ3v) is 2.48. The Balaban J connectivity index is 2.76. The van der Waals surface area contributed by atoms with E-state index in [2.05, 4.69) is 25.1 Å². The molecule has 0 bridgehead atoms. The Morgan fingerprint density at radius 3 is 2.53 bits per heavy atom. The molecule has 1 rings (SSSR count). The summed E-state index contributed by atoms with van der Waals surface area (Å²) in [5, 5.41) is 0. The van der Waals surface area contributed by atoms with Crippen LogP contribution in [0.4, 0.5) is 0 Å². The number of aryl methyl sites for hydroxylation is 2. The summed E-state index contributed by atoms with van der Waals surface area (Å²) >= 11 is 0. The third-order valence-electron chi connectivity index (χ3n) is 2.48. The number of hydrogen-bond donors (Lipinski definition) is 1. The zero-order valence-corrected chi connectivity index (χ0v) is 10.1. The fraction of sp³-hybridized carbons (Fsp3) is 0.538. The summed E-state index contributed by atoms with van der Waals surface area (Å²) in [6.07, 6.45) is 1.93. The van der Waals surface area contributed by atoms with Gasteiger partial charge in [0.2, 0.25) is 0 Å². The molecule has 0 fully saturated rings. The molecule has 84 valence electrons. The summed E-state index contributed by atoms with van der Waals surface area (Å²) in [6, 6.07) is 6.31. The van der Waals surface area contributed by atoms with Gasteiger partial charge in [0, 0.05) is 5.54 Å². The molecule has 0 atom stereocenters. The number of hydrogen-bond acceptors (Lipinski definition) is 2. The summed E-state index contributed by atoms with van der Waals surface area (Å²) in [4.78, 5) is 0. The molecule has 0 aliphatic heterocycles. The number of nitrogens with two attached hydrogens (primary N) is 1. The maximum atomic E-state index is 5.96. The Hall–Kier alpha value is -1.02. The van der Waals surface area contributed by atoms with Gasteiger partial charge in [-0.2, -0.15) is 0 Å². The molecule has 0 saturated carbocycles. The maximum Gasteiger partial charge on any atom is 0.122 e. The molecule has 2 nitrogen and oxygen atoms in total. The smallest absolute Gasteiger partial charge is 0.122 e. The minimum Gasteiger partial charge on any atom is -0.496 e. The van der Waals surface area contributed by atoms with Crippen LogP contribution >= 0.6 is 0 Å². The van der Waals surface area contributed by atoms with E-state index in [0.717, 1.165) is 18.6 Å². The first kappa shape index (κ1) is 12.1. The number of ether oxygens (including phenoxy) is 1. The van der Waals surface area contributed by atoms with Crippen LogP contribution in [0, 0.1) is 6.92 Å². The monoisotopic (exact) mass is 207 g/mol. The molecule has 0 aliphatic carbocycles. The first-order chi connectivity index (χ1) is 6.92. The van der Waals surface area contributed by atoms with E-state index in [1.165, 1.54) is 11.1 Å². The van der Waals surface area contributed by atoms with Crippen molar-refractivity contribution < 1.29 is 4.74 Å². The lowest BCUT2D eigenvalue weighted by Crippen LogP contribution is -2.32. The molecule has 2 N–H and O–H groups in total. The van der Waals surface area contributed by atoms with E-state index < -0.39 is 0 Å². The van der Waals surface area contributed by atoms with Gasteiger partial charge in [0.05, 0.1) is 7.11 Å². The molecule has 0 aromatic heterocycles. The highest BCUT2D eigenvalue weighted by molar-refractivity contribution is 5.37. The second kappa shape index (κ2) is 4.67. The molecule has 0 heterocycles. The van der Waals surface area contributed by atoms with Crippen molar-refractivity contribution in [3.8, 4) is 5.75 Å². The van der Waals surface area contributed by atoms with Gasteiger partial charge in [0.25, 0.3) is 0 Å². The van der Waals surface area contributed by atoms with Crippen LogP contribution in [-0.2, 0) is 6.42 Å². The van der Waals surface area contributed by atoms with Crippen LogP contribution in [0.5, 0.6) is 5.75 Å². The van der Waals surface area contributed by atoms with Gasteiger partial charge in [0.1, 0.15) is 5.75 Å². The highest BCUT2D eigenvalue weighted by Gasteiger charge is 2.12. The number of benzene rings is 1. The largest absolute Gasteiger partial charge is 0.496 e. The predicted octanol–water partition coefficient (Wildman–Crippen LogP) is 2.67. The van der Waals surface area contributed by atoms with Gasteiger partial charge in [-0.25, -0.2) is 0 Å². The summed E-state index contributed by atoms with van der Waals surface area (Å²) < 4.78 is 5.35. The fourth-order valence-corrected chi connectivity index (χ4v) is 1.52. The molecule has 2 heteroatoms. The third kappa shape index (κ3) is 3.92. The highest BCUT2D eigenvalue weighted by atomic mass is 16.5. The van der Waals surface area contributed by atoms with Crippen LogP contribution in [0.3, 0.4) is 0 Å². The Kier molecular flexibility index (Phi) is 3.75. The second-order valence-corrected chi connectivity index (χ2v) is 4.80. The van der Waals surface area contributed by atoms with Gasteiger partial charge < -0.3 is 10.5 Å². The molecular weight excluding hydrogens is 186 g/mol. The van der Waals surface area contributed by atoms with Crippen molar-refractivity contribution in [2.24, 2.45) is 5.73 Å². The molecule has 0 radical (unpaired) electrons. The Bertz CT molecular complexity index is 326. The van der Waals surface area contributed by atoms with E-state index in [4.69, 9.17) is 10.5 Å². The van der Waals surface area contributed by atoms with Gasteiger partial charge in [-0.1, -0.05) is 12.1 Å². The number of methoxy groups -OCH3 is 1. The van der Waals surface area contributed by atoms with Crippen molar-refractivity contribution in [1.29, 1.82) is 0 Å². The lowest BCUT2D eigenvalue weighted by molar-refractivity contribution is 0.404. The van der Waals surface area contributed by atoms with Crippen LogP contribution in [0.2, 0.25) is 0 Å². The SMILES string of the molecule is COc1cc(C)ccc1CCC(C)(C)N. The van der Waals surface area contributed by atoms with Gasteiger partial charge in [-0.15, -0.1) is 0 Å². The average molecular weight is 207 g/mol. The topological polar surface area (TPSA) is 35.2 Å². The standard InChI is InChI=1S/C13H21NO/c1-10-5-6-11(12(9-10)15-4)7-8-13(2,3)14/h5-6,9H,7-8,14H2,1-4H3. The summed E-state index contributed by atoms with van der Waals surface area (Å²) in [5.41, 5.74) is 8.31. The number of rotatable bonds is 4. The molecule has 0 aliphatic rings. The molecule has 1 aromatic rings. The molecule has 1 aromatic carbocycles. The summed E-state index contributed by atoms with van der Waals surface area (Å²) in [5.74, 6) is 0.972. The zero-order chi connectivity index (χ0) is 11.5. The first-order valence-electron chi connectivity index (χ1n) is 5.35. The van der Waals surface area contributed by atoms with E-state index in [9.17, 15) is 0 Å². The van der Waals surface area contributed by atoms with Crippen LogP contribution in [0.15, 0.2) is 18.2 Å². The first-order valence-corrected chi connectivity index (χ1v) is 5.35. The van der Waals surface area contributed by atoms with Gasteiger partial charge >= 0.3 is 0 Å². The highest BCUT2D eigenvalue weighted by Crippen LogP contribution is 2.22. The fourth-order valence-electron chi connectivity index (χ4n) is 1.52. The minimum atomic E-state index is -0.115. The van der Waals surface area contributed by atoms with Crippen LogP contribution in [0.1, 0.15) is 31.4 Å². The lowest BCUT2D eigenvalue weighted by Gasteiger charge is -2.19. The summed E-state index contributed by atoms with van der Waals surface area (Å²) in [7, 11) is 1.71. The van der Waals surface area contributed by atoms with Crippen molar-refractivity contribution in [1.82, 2.24) is 0 Å². The van der Waals surface area contributed by atoms with Gasteiger partial charge in [-0.05, 0) is 50.8 Å². The maximum absolute atomic E-state index is 5.96. The van der Waals surface area contributed by atoms with Crippen LogP contribution < -0.4 is 10.5 Å². The van der Waals surface area contributed by atoms with Crippen molar-refractivity contribution >= 4 is 0 Å². The second-order valence-electron chi connectivity index (χ2n) is 4.80. The van der Waals surface area contributed by atoms with E-state index in [0.29, 0.717) is 0 Å². The van der Waals surface area contributed by atoms with Gasteiger partial charge in [-0.3, -0.25) is 0 Å². The Morgan fingerprint density at radius 2 is 2.00 bits per heavy atom. The van der Waals surface area contributed by atoms with E-state index in [1.54, 1.807) is 7.11 Å². The average Bonchev–Trinajstić information content (AvgIpc) is 2.14. The van der Waals surface area contributed by atoms with E-state index in [-0.39, 0.29) is 5.54 Å². The predicted molar refractivity (Wildman–Crippen MR) is 64.3 cm³/mol. The van der Waals surface area contributed by atoms with E-state index >= 15 is 0 Å². The minimum absolute atomic E-state index is 0.115.